The molecule has 31 heavy (non-hydrogen) atoms. The first-order chi connectivity index (χ1) is 14.9. The van der Waals surface area contributed by atoms with Crippen LogP contribution in [-0.2, 0) is 12.7 Å². The van der Waals surface area contributed by atoms with Crippen LogP contribution >= 0.6 is 0 Å². The molecule has 2 aliphatic rings. The van der Waals surface area contributed by atoms with Crippen LogP contribution in [0, 0.1) is 0 Å². The summed E-state index contributed by atoms with van der Waals surface area (Å²) in [7, 11) is 0. The summed E-state index contributed by atoms with van der Waals surface area (Å²) in [4.78, 5) is 20.7. The molecule has 7 nitrogen and oxygen atoms in total. The minimum Gasteiger partial charge on any atom is -0.335 e. The lowest BCUT2D eigenvalue weighted by atomic mass is 9.96. The van der Waals surface area contributed by atoms with Crippen LogP contribution in [0.5, 0.6) is 0 Å². The highest BCUT2D eigenvalue weighted by molar-refractivity contribution is 5.74. The number of amides is 2. The molecule has 1 aromatic carbocycles. The molecule has 2 aromatic rings. The zero-order valence-corrected chi connectivity index (χ0v) is 17.2. The van der Waals surface area contributed by atoms with E-state index in [0.29, 0.717) is 50.2 Å². The van der Waals surface area contributed by atoms with Gasteiger partial charge in [-0.1, -0.05) is 24.4 Å². The van der Waals surface area contributed by atoms with Crippen molar-refractivity contribution in [3.63, 3.8) is 0 Å². The Bertz CT molecular complexity index is 870. The van der Waals surface area contributed by atoms with Gasteiger partial charge in [-0.25, -0.2) is 4.79 Å². The van der Waals surface area contributed by atoms with Gasteiger partial charge in [-0.15, -0.1) is 0 Å². The molecule has 1 saturated heterocycles. The molecule has 2 fully saturated rings. The predicted molar refractivity (Wildman–Crippen MR) is 107 cm³/mol. The van der Waals surface area contributed by atoms with E-state index in [1.807, 2.05) is 4.90 Å². The molecule has 1 aliphatic heterocycles. The summed E-state index contributed by atoms with van der Waals surface area (Å²) in [5.41, 5.74) is -0.280. The van der Waals surface area contributed by atoms with Crippen molar-refractivity contribution in [3.05, 3.63) is 35.7 Å². The van der Waals surface area contributed by atoms with Crippen LogP contribution in [0.25, 0.3) is 11.5 Å². The standard InChI is InChI=1S/C21H26F3N5O2/c22-21(23,24)16-8-6-15(7-9-16)19-26-18(27-31-19)14-28-10-12-29(13-11-28)20(30)25-17-4-2-1-3-5-17/h6-9,17H,1-5,10-14H2,(H,25,30). The van der Waals surface area contributed by atoms with Crippen molar-refractivity contribution in [2.75, 3.05) is 26.2 Å². The van der Waals surface area contributed by atoms with E-state index in [1.54, 1.807) is 0 Å². The van der Waals surface area contributed by atoms with Crippen molar-refractivity contribution in [1.82, 2.24) is 25.3 Å². The quantitative estimate of drug-likeness (QED) is 0.785. The van der Waals surface area contributed by atoms with Gasteiger partial charge in [0.05, 0.1) is 12.1 Å². The fraction of sp³-hybridized carbons (Fsp3) is 0.571. The third-order valence-corrected chi connectivity index (χ3v) is 5.88. The Balaban J connectivity index is 1.26. The Morgan fingerprint density at radius 2 is 1.74 bits per heavy atom. The molecule has 0 bridgehead atoms. The van der Waals surface area contributed by atoms with Gasteiger partial charge in [-0.3, -0.25) is 4.90 Å². The van der Waals surface area contributed by atoms with Gasteiger partial charge in [-0.2, -0.15) is 18.2 Å². The third kappa shape index (κ3) is 5.55. The lowest BCUT2D eigenvalue weighted by Gasteiger charge is -2.35. The van der Waals surface area contributed by atoms with Crippen molar-refractivity contribution < 1.29 is 22.5 Å². The molecule has 1 aliphatic carbocycles. The first-order valence-corrected chi connectivity index (χ1v) is 10.7. The summed E-state index contributed by atoms with van der Waals surface area (Å²) in [6, 6.07) is 4.94. The molecule has 2 amide bonds. The van der Waals surface area contributed by atoms with Gasteiger partial charge < -0.3 is 14.7 Å². The number of nitrogens with zero attached hydrogens (tertiary/aromatic N) is 4. The van der Waals surface area contributed by atoms with E-state index in [1.165, 1.54) is 31.4 Å². The second-order valence-electron chi connectivity index (χ2n) is 8.14. The van der Waals surface area contributed by atoms with E-state index in [2.05, 4.69) is 20.4 Å². The number of alkyl halides is 3. The average Bonchev–Trinajstić information content (AvgIpc) is 3.23. The number of piperazine rings is 1. The van der Waals surface area contributed by atoms with Crippen LogP contribution in [-0.4, -0.2) is 58.2 Å². The maximum absolute atomic E-state index is 12.7. The Morgan fingerprint density at radius 3 is 2.39 bits per heavy atom. The van der Waals surface area contributed by atoms with Crippen molar-refractivity contribution in [1.29, 1.82) is 0 Å². The van der Waals surface area contributed by atoms with Gasteiger partial charge in [0.25, 0.3) is 5.89 Å². The largest absolute Gasteiger partial charge is 0.416 e. The van der Waals surface area contributed by atoms with Gasteiger partial charge in [0.1, 0.15) is 0 Å². The van der Waals surface area contributed by atoms with Crippen molar-refractivity contribution in [3.8, 4) is 11.5 Å². The number of rotatable bonds is 4. The number of carbonyl (C=O) groups is 1. The van der Waals surface area contributed by atoms with Crippen LogP contribution in [0.2, 0.25) is 0 Å². The Morgan fingerprint density at radius 1 is 1.06 bits per heavy atom. The van der Waals surface area contributed by atoms with Gasteiger partial charge in [0, 0.05) is 37.8 Å². The Hall–Kier alpha value is -2.62. The topological polar surface area (TPSA) is 74.5 Å². The van der Waals surface area contributed by atoms with Gasteiger partial charge in [0.2, 0.25) is 0 Å². The molecule has 4 rings (SSSR count). The second-order valence-corrected chi connectivity index (χ2v) is 8.14. The number of hydrogen-bond acceptors (Lipinski definition) is 5. The monoisotopic (exact) mass is 437 g/mol. The number of aromatic nitrogens is 2. The molecule has 168 valence electrons. The number of carbonyl (C=O) groups excluding carboxylic acids is 1. The van der Waals surface area contributed by atoms with E-state index in [-0.39, 0.29) is 11.9 Å². The summed E-state index contributed by atoms with van der Waals surface area (Å²) in [5, 5.41) is 7.09. The van der Waals surface area contributed by atoms with Crippen molar-refractivity contribution in [2.45, 2.75) is 50.9 Å². The van der Waals surface area contributed by atoms with Crippen molar-refractivity contribution in [2.24, 2.45) is 0 Å². The molecule has 0 radical (unpaired) electrons. The fourth-order valence-corrected chi connectivity index (χ4v) is 4.06. The number of urea groups is 1. The van der Waals surface area contributed by atoms with E-state index in [9.17, 15) is 18.0 Å². The van der Waals surface area contributed by atoms with Crippen LogP contribution < -0.4 is 5.32 Å². The molecule has 10 heteroatoms. The first-order valence-electron chi connectivity index (χ1n) is 10.7. The normalized spacial score (nSPS) is 18.9. The molecule has 1 N–H and O–H groups in total. The zero-order valence-electron chi connectivity index (χ0n) is 17.2. The van der Waals surface area contributed by atoms with E-state index < -0.39 is 11.7 Å². The molecule has 0 spiro atoms. The molecule has 0 unspecified atom stereocenters. The minimum absolute atomic E-state index is 0.00991. The van der Waals surface area contributed by atoms with E-state index in [4.69, 9.17) is 4.52 Å². The summed E-state index contributed by atoms with van der Waals surface area (Å²) in [5.74, 6) is 0.657. The lowest BCUT2D eigenvalue weighted by molar-refractivity contribution is -0.137. The molecule has 2 heterocycles. The Labute approximate surface area is 178 Å². The zero-order chi connectivity index (χ0) is 21.8. The van der Waals surface area contributed by atoms with Crippen LogP contribution in [0.4, 0.5) is 18.0 Å². The maximum atomic E-state index is 12.7. The highest BCUT2D eigenvalue weighted by Crippen LogP contribution is 2.30. The fourth-order valence-electron chi connectivity index (χ4n) is 4.06. The SMILES string of the molecule is O=C(NC1CCCCC1)N1CCN(Cc2noc(-c3ccc(C(F)(F)F)cc3)n2)CC1. The smallest absolute Gasteiger partial charge is 0.335 e. The Kier molecular flexibility index (Phi) is 6.45. The van der Waals surface area contributed by atoms with Crippen LogP contribution in [0.1, 0.15) is 43.5 Å². The summed E-state index contributed by atoms with van der Waals surface area (Å²) in [6.45, 7) is 3.11. The molecular formula is C21H26F3N5O2. The minimum atomic E-state index is -4.38. The van der Waals surface area contributed by atoms with Gasteiger partial charge in [0.15, 0.2) is 5.82 Å². The predicted octanol–water partition coefficient (Wildman–Crippen LogP) is 3.92. The summed E-state index contributed by atoms with van der Waals surface area (Å²) < 4.78 is 43.3. The number of hydrogen-bond donors (Lipinski definition) is 1. The highest BCUT2D eigenvalue weighted by atomic mass is 19.4. The maximum Gasteiger partial charge on any atom is 0.416 e. The highest BCUT2D eigenvalue weighted by Gasteiger charge is 2.30. The van der Waals surface area contributed by atoms with E-state index >= 15 is 0 Å². The second kappa shape index (κ2) is 9.25. The number of benzene rings is 1. The lowest BCUT2D eigenvalue weighted by Crippen LogP contribution is -2.53. The summed E-state index contributed by atoms with van der Waals surface area (Å²) in [6.07, 6.45) is 1.35. The molecular weight excluding hydrogens is 411 g/mol. The van der Waals surface area contributed by atoms with Crippen LogP contribution in [0.15, 0.2) is 28.8 Å². The molecule has 1 aromatic heterocycles. The van der Waals surface area contributed by atoms with Gasteiger partial charge >= 0.3 is 12.2 Å². The van der Waals surface area contributed by atoms with Crippen molar-refractivity contribution >= 4 is 6.03 Å². The molecule has 1 saturated carbocycles. The third-order valence-electron chi connectivity index (χ3n) is 5.88. The summed E-state index contributed by atoms with van der Waals surface area (Å²) >= 11 is 0. The van der Waals surface area contributed by atoms with E-state index in [0.717, 1.165) is 25.0 Å². The first kappa shape index (κ1) is 21.6. The molecule has 0 atom stereocenters. The number of nitrogens with one attached hydrogen (secondary N) is 1. The average molecular weight is 437 g/mol. The van der Waals surface area contributed by atoms with Crippen LogP contribution in [0.3, 0.4) is 0 Å². The number of halogens is 3. The van der Waals surface area contributed by atoms with Gasteiger partial charge in [-0.05, 0) is 37.1 Å².